The zero-order valence-corrected chi connectivity index (χ0v) is 22.8. The number of cyclic esters (lactones) is 1. The van der Waals surface area contributed by atoms with Gasteiger partial charge in [-0.1, -0.05) is 19.8 Å². The third kappa shape index (κ3) is 4.21. The smallest absolute Gasteiger partial charge is 0.313 e. The van der Waals surface area contributed by atoms with E-state index in [0.29, 0.717) is 59.4 Å². The van der Waals surface area contributed by atoms with Crippen LogP contribution in [0.2, 0.25) is 0 Å². The summed E-state index contributed by atoms with van der Waals surface area (Å²) in [7, 11) is 0. The zero-order valence-electron chi connectivity index (χ0n) is 22.8. The van der Waals surface area contributed by atoms with E-state index in [-0.39, 0.29) is 55.7 Å². The van der Waals surface area contributed by atoms with E-state index in [1.54, 1.807) is 11.5 Å². The maximum absolute atomic E-state index is 15.0. The molecule has 6 rings (SSSR count). The van der Waals surface area contributed by atoms with Gasteiger partial charge in [0.25, 0.3) is 5.56 Å². The molecule has 2 aromatic heterocycles. The molecule has 1 amide bonds. The van der Waals surface area contributed by atoms with Crippen molar-refractivity contribution >= 4 is 22.8 Å². The lowest BCUT2D eigenvalue weighted by atomic mass is 9.81. The summed E-state index contributed by atoms with van der Waals surface area (Å²) >= 11 is 0. The van der Waals surface area contributed by atoms with Crippen molar-refractivity contribution in [1.82, 2.24) is 14.9 Å². The van der Waals surface area contributed by atoms with Crippen LogP contribution in [-0.4, -0.2) is 41.2 Å². The molecule has 3 aliphatic rings. The second-order valence-electron chi connectivity index (χ2n) is 10.9. The highest BCUT2D eigenvalue weighted by Gasteiger charge is 2.38. The lowest BCUT2D eigenvalue weighted by molar-refractivity contribution is -0.148. The molecule has 9 nitrogen and oxygen atoms in total. The fraction of sp³-hybridized carbons (Fsp3) is 0.467. The van der Waals surface area contributed by atoms with E-state index in [0.717, 1.165) is 34.9 Å². The number of unbranched alkanes of at least 4 members (excludes halogenated alkanes) is 1. The molecule has 0 radical (unpaired) electrons. The van der Waals surface area contributed by atoms with Gasteiger partial charge < -0.3 is 25.1 Å². The van der Waals surface area contributed by atoms with E-state index < -0.39 is 5.92 Å². The molecule has 10 heteroatoms. The topological polar surface area (TPSA) is 126 Å². The number of nitrogens with zero attached hydrogens (tertiary/aromatic N) is 2. The fourth-order valence-corrected chi connectivity index (χ4v) is 6.50. The number of aryl methyl sites for hydroxylation is 1. The Kier molecular flexibility index (Phi) is 6.92. The minimum absolute atomic E-state index is 0.0510. The summed E-state index contributed by atoms with van der Waals surface area (Å²) in [5.41, 5.74) is 11.3. The molecule has 0 unspecified atom stereocenters. The predicted molar refractivity (Wildman–Crippen MR) is 146 cm³/mol. The summed E-state index contributed by atoms with van der Waals surface area (Å²) in [6.07, 6.45) is 3.51. The molecule has 3 aromatic rings. The van der Waals surface area contributed by atoms with Crippen LogP contribution >= 0.6 is 0 Å². The van der Waals surface area contributed by atoms with Gasteiger partial charge in [0, 0.05) is 23.6 Å². The minimum atomic E-state index is -0.502. The number of carbonyl (C=O) groups is 2. The molecule has 1 aromatic carbocycles. The summed E-state index contributed by atoms with van der Waals surface area (Å²) in [6, 6.07) is 2.98. The number of rotatable bonds is 8. The largest absolute Gasteiger partial charge is 0.460 e. The third-order valence-electron chi connectivity index (χ3n) is 8.47. The number of ether oxygens (including phenoxy) is 2. The van der Waals surface area contributed by atoms with E-state index in [1.165, 1.54) is 6.07 Å². The van der Waals surface area contributed by atoms with Crippen LogP contribution in [-0.2, 0) is 38.6 Å². The van der Waals surface area contributed by atoms with E-state index >= 15 is 4.39 Å². The van der Waals surface area contributed by atoms with Crippen molar-refractivity contribution in [2.45, 2.75) is 71.1 Å². The Bertz CT molecular complexity index is 1610. The normalized spacial score (nSPS) is 18.8. The monoisotopic (exact) mass is 548 g/mol. The van der Waals surface area contributed by atoms with Crippen LogP contribution in [0, 0.1) is 12.7 Å². The molecule has 2 atom stereocenters. The summed E-state index contributed by atoms with van der Waals surface area (Å²) < 4.78 is 27.5. The van der Waals surface area contributed by atoms with Crippen LogP contribution in [0.5, 0.6) is 0 Å². The zero-order chi connectivity index (χ0) is 28.1. The van der Waals surface area contributed by atoms with Crippen molar-refractivity contribution < 1.29 is 23.5 Å². The third-order valence-corrected chi connectivity index (χ3v) is 8.47. The molecule has 40 heavy (non-hydrogen) atoms. The Hall–Kier alpha value is -3.63. The highest BCUT2D eigenvalue weighted by atomic mass is 19.1. The van der Waals surface area contributed by atoms with Crippen molar-refractivity contribution in [3.8, 4) is 11.4 Å². The summed E-state index contributed by atoms with van der Waals surface area (Å²) in [6.45, 7) is 4.53. The number of carbonyl (C=O) groups excluding carboxylic acids is 2. The fourth-order valence-electron chi connectivity index (χ4n) is 6.50. The number of esters is 1. The van der Waals surface area contributed by atoms with Crippen molar-refractivity contribution in [2.75, 3.05) is 19.8 Å². The maximum atomic E-state index is 15.0. The molecule has 210 valence electrons. The van der Waals surface area contributed by atoms with Crippen LogP contribution in [0.1, 0.15) is 77.9 Å². The Morgan fingerprint density at radius 2 is 2.10 bits per heavy atom. The molecule has 0 bridgehead atoms. The highest BCUT2D eigenvalue weighted by Crippen LogP contribution is 2.45. The van der Waals surface area contributed by atoms with Crippen LogP contribution in [0.15, 0.2) is 16.9 Å². The summed E-state index contributed by atoms with van der Waals surface area (Å²) in [5.74, 6) is -1.41. The molecule has 3 N–H and O–H groups in total. The molecule has 0 saturated heterocycles. The van der Waals surface area contributed by atoms with Gasteiger partial charge in [-0.05, 0) is 54.5 Å². The first-order valence-electron chi connectivity index (χ1n) is 14.0. The Labute approximate surface area is 230 Å². The number of hydrogen-bond acceptors (Lipinski definition) is 7. The van der Waals surface area contributed by atoms with Crippen LogP contribution in [0.3, 0.4) is 0 Å². The van der Waals surface area contributed by atoms with E-state index in [1.807, 2.05) is 6.07 Å². The first kappa shape index (κ1) is 26.6. The van der Waals surface area contributed by atoms with Crippen LogP contribution < -0.4 is 16.6 Å². The lowest BCUT2D eigenvalue weighted by Gasteiger charge is -2.29. The second-order valence-corrected chi connectivity index (χ2v) is 10.9. The Morgan fingerprint density at radius 3 is 2.88 bits per heavy atom. The maximum Gasteiger partial charge on any atom is 0.313 e. The molecule has 0 fully saturated rings. The molecule has 0 saturated carbocycles. The first-order chi connectivity index (χ1) is 19.3. The lowest BCUT2D eigenvalue weighted by Crippen LogP contribution is -2.35. The minimum Gasteiger partial charge on any atom is -0.460 e. The average Bonchev–Trinajstić information content (AvgIpc) is 3.30. The van der Waals surface area contributed by atoms with Gasteiger partial charge in [0.2, 0.25) is 5.91 Å². The summed E-state index contributed by atoms with van der Waals surface area (Å²) in [5, 5.41) is 3.93. The number of halogens is 1. The molecule has 4 heterocycles. The molecular formula is C30H33FN4O5. The molecule has 2 aliphatic heterocycles. The van der Waals surface area contributed by atoms with E-state index in [2.05, 4.69) is 12.2 Å². The van der Waals surface area contributed by atoms with E-state index in [9.17, 15) is 14.4 Å². The number of aromatic nitrogens is 2. The molecular weight excluding hydrogens is 515 g/mol. The van der Waals surface area contributed by atoms with Crippen molar-refractivity contribution in [2.24, 2.45) is 5.73 Å². The quantitative estimate of drug-likeness (QED) is 0.256. The van der Waals surface area contributed by atoms with Gasteiger partial charge in [-0.2, -0.15) is 0 Å². The number of pyridine rings is 2. The Morgan fingerprint density at radius 1 is 1.27 bits per heavy atom. The number of amides is 1. The van der Waals surface area contributed by atoms with Gasteiger partial charge in [-0.25, -0.2) is 9.37 Å². The van der Waals surface area contributed by atoms with Gasteiger partial charge in [0.15, 0.2) is 0 Å². The van der Waals surface area contributed by atoms with Crippen molar-refractivity contribution in [3.63, 3.8) is 0 Å². The van der Waals surface area contributed by atoms with Crippen molar-refractivity contribution in [1.29, 1.82) is 0 Å². The van der Waals surface area contributed by atoms with Gasteiger partial charge in [-0.3, -0.25) is 14.4 Å². The van der Waals surface area contributed by atoms with Crippen molar-refractivity contribution in [3.05, 3.63) is 61.7 Å². The van der Waals surface area contributed by atoms with Gasteiger partial charge in [-0.15, -0.1) is 0 Å². The van der Waals surface area contributed by atoms with Gasteiger partial charge >= 0.3 is 5.97 Å². The standard InChI is InChI=1S/C30H33FN4O5/c1-3-4-5-17-18-10-24-28-19(12-35(24)29(37)20(18)13-40-30(17)38)27-22(33-25(36)14-39-9-8-32)7-6-16-15(2)21(31)11-23(34-28)26(16)27/h10-11,17,22H,3-9,12-14,32H2,1-2H3,(H,33,36)/t17-,22-/m0/s1. The van der Waals surface area contributed by atoms with Crippen LogP contribution in [0.4, 0.5) is 4.39 Å². The molecule has 0 spiro atoms. The SMILES string of the molecule is CCCC[C@@H]1C(=O)OCc2c1cc1n(c2=O)Cc2c-1nc1cc(F)c(C)c3c1c2[C@@H](NC(=O)COCCN)CC3. The summed E-state index contributed by atoms with van der Waals surface area (Å²) in [4.78, 5) is 44.2. The Balaban J connectivity index is 1.52. The average molecular weight is 549 g/mol. The highest BCUT2D eigenvalue weighted by molar-refractivity contribution is 5.93. The predicted octanol–water partition coefficient (Wildman–Crippen LogP) is 3.28. The number of nitrogens with one attached hydrogen (secondary N) is 1. The number of fused-ring (bicyclic) bond motifs is 5. The number of nitrogens with two attached hydrogens (primary N) is 1. The van der Waals surface area contributed by atoms with Gasteiger partial charge in [0.1, 0.15) is 19.0 Å². The van der Waals surface area contributed by atoms with Crippen LogP contribution in [0.25, 0.3) is 22.3 Å². The number of hydrogen-bond donors (Lipinski definition) is 2. The first-order valence-corrected chi connectivity index (χ1v) is 14.0. The number of benzene rings is 1. The molecule has 1 aliphatic carbocycles. The van der Waals surface area contributed by atoms with Gasteiger partial charge in [0.05, 0.1) is 47.6 Å². The van der Waals surface area contributed by atoms with E-state index in [4.69, 9.17) is 20.2 Å². The second kappa shape index (κ2) is 10.4.